The topological polar surface area (TPSA) is 109 Å². The summed E-state index contributed by atoms with van der Waals surface area (Å²) in [6, 6.07) is 17.6. The maximum Gasteiger partial charge on any atom is 0.315 e. The summed E-state index contributed by atoms with van der Waals surface area (Å²) < 4.78 is 13.6. The highest BCUT2D eigenvalue weighted by molar-refractivity contribution is 9.10. The molecule has 0 saturated heterocycles. The smallest absolute Gasteiger partial charge is 0.315 e. The van der Waals surface area contributed by atoms with Gasteiger partial charge >= 0.3 is 5.69 Å². The van der Waals surface area contributed by atoms with E-state index in [1.54, 1.807) is 18.2 Å². The molecular formula is C29H27BrN4O5. The Bertz CT molecular complexity index is 1590. The summed E-state index contributed by atoms with van der Waals surface area (Å²) in [6.07, 6.45) is 6.61. The molecule has 0 radical (unpaired) electrons. The van der Waals surface area contributed by atoms with Crippen LogP contribution in [0.2, 0.25) is 0 Å². The lowest BCUT2D eigenvalue weighted by molar-refractivity contribution is -0.386. The predicted molar refractivity (Wildman–Crippen MR) is 153 cm³/mol. The molecule has 1 saturated carbocycles. The van der Waals surface area contributed by atoms with E-state index in [4.69, 9.17) is 14.5 Å². The number of nitro groups is 1. The van der Waals surface area contributed by atoms with Crippen molar-refractivity contribution in [2.24, 2.45) is 5.10 Å². The van der Waals surface area contributed by atoms with Crippen LogP contribution in [0.5, 0.6) is 11.5 Å². The molecule has 1 aromatic heterocycles. The third-order valence-electron chi connectivity index (χ3n) is 6.84. The maximum atomic E-state index is 13.5. The van der Waals surface area contributed by atoms with Gasteiger partial charge in [0, 0.05) is 22.0 Å². The van der Waals surface area contributed by atoms with Crippen LogP contribution in [0.1, 0.15) is 55.0 Å². The molecule has 0 bridgehead atoms. The van der Waals surface area contributed by atoms with Crippen LogP contribution in [0, 0.1) is 10.1 Å². The normalized spacial score (nSPS) is 14.1. The lowest BCUT2D eigenvalue weighted by Crippen LogP contribution is -2.25. The number of aromatic nitrogens is 2. The lowest BCUT2D eigenvalue weighted by Gasteiger charge is -2.22. The standard InChI is InChI=1S/C29H27BrN4O5/c1-38-26-16-20(15-25(34(36)37)27(26)39-18-19-11-13-22(30)14-12-19)17-31-33-28(21-7-3-2-4-8-21)32-24-10-6-5-9-23(24)29(33)35/h5-6,9-17,21H,2-4,7-8,18H2,1H3. The first-order valence-corrected chi connectivity index (χ1v) is 13.5. The number of methoxy groups -OCH3 is 1. The second-order valence-electron chi connectivity index (χ2n) is 9.43. The van der Waals surface area contributed by atoms with Crippen molar-refractivity contribution in [3.63, 3.8) is 0 Å². The molecule has 4 aromatic rings. The molecule has 0 atom stereocenters. The van der Waals surface area contributed by atoms with E-state index >= 15 is 0 Å². The van der Waals surface area contributed by atoms with Crippen molar-refractivity contribution in [1.29, 1.82) is 0 Å². The van der Waals surface area contributed by atoms with Gasteiger partial charge in [0.25, 0.3) is 5.56 Å². The van der Waals surface area contributed by atoms with E-state index in [2.05, 4.69) is 21.0 Å². The summed E-state index contributed by atoms with van der Waals surface area (Å²) in [6.45, 7) is 0.126. The Morgan fingerprint density at radius 1 is 1.13 bits per heavy atom. The van der Waals surface area contributed by atoms with Crippen molar-refractivity contribution in [2.75, 3.05) is 7.11 Å². The lowest BCUT2D eigenvalue weighted by atomic mass is 9.88. The highest BCUT2D eigenvalue weighted by Gasteiger charge is 2.24. The zero-order valence-corrected chi connectivity index (χ0v) is 23.0. The zero-order chi connectivity index (χ0) is 27.4. The quantitative estimate of drug-likeness (QED) is 0.130. The van der Waals surface area contributed by atoms with Crippen LogP contribution in [0.3, 0.4) is 0 Å². The minimum absolute atomic E-state index is 0.0232. The molecule has 5 rings (SSSR count). The number of nitrogens with zero attached hydrogens (tertiary/aromatic N) is 4. The Balaban J connectivity index is 1.53. The minimum atomic E-state index is -0.520. The van der Waals surface area contributed by atoms with E-state index in [1.807, 2.05) is 36.4 Å². The fourth-order valence-corrected chi connectivity index (χ4v) is 5.12. The molecule has 0 unspecified atom stereocenters. The average molecular weight is 591 g/mol. The van der Waals surface area contributed by atoms with Gasteiger partial charge in [0.1, 0.15) is 12.4 Å². The molecule has 1 fully saturated rings. The Kier molecular flexibility index (Phi) is 8.02. The molecule has 1 aliphatic rings. The molecule has 39 heavy (non-hydrogen) atoms. The summed E-state index contributed by atoms with van der Waals surface area (Å²) in [5.74, 6) is 0.950. The van der Waals surface area contributed by atoms with Crippen molar-refractivity contribution in [2.45, 2.75) is 44.6 Å². The fourth-order valence-electron chi connectivity index (χ4n) is 4.85. The van der Waals surface area contributed by atoms with Crippen molar-refractivity contribution < 1.29 is 14.4 Å². The van der Waals surface area contributed by atoms with Crippen LogP contribution in [0.25, 0.3) is 10.9 Å². The van der Waals surface area contributed by atoms with Gasteiger partial charge in [-0.2, -0.15) is 9.78 Å². The van der Waals surface area contributed by atoms with Crippen LogP contribution in [-0.4, -0.2) is 27.9 Å². The number of benzene rings is 3. The van der Waals surface area contributed by atoms with E-state index in [9.17, 15) is 14.9 Å². The van der Waals surface area contributed by atoms with E-state index in [1.165, 1.54) is 24.1 Å². The highest BCUT2D eigenvalue weighted by atomic mass is 79.9. The first kappa shape index (κ1) is 26.6. The molecule has 3 aromatic carbocycles. The third kappa shape index (κ3) is 5.85. The second kappa shape index (κ2) is 11.8. The number of fused-ring (bicyclic) bond motifs is 1. The zero-order valence-electron chi connectivity index (χ0n) is 21.4. The Hall–Kier alpha value is -4.05. The number of para-hydroxylation sites is 1. The third-order valence-corrected chi connectivity index (χ3v) is 7.37. The van der Waals surface area contributed by atoms with E-state index in [0.29, 0.717) is 22.3 Å². The first-order valence-electron chi connectivity index (χ1n) is 12.7. The molecule has 1 heterocycles. The molecule has 0 N–H and O–H groups in total. The van der Waals surface area contributed by atoms with Crippen LogP contribution in [0.15, 0.2) is 75.0 Å². The SMILES string of the molecule is COc1cc(C=Nn2c(C3CCCCC3)nc3ccccc3c2=O)cc([N+](=O)[O-])c1OCc1ccc(Br)cc1. The van der Waals surface area contributed by atoms with Gasteiger partial charge in [-0.05, 0) is 48.7 Å². The van der Waals surface area contributed by atoms with Crippen molar-refractivity contribution in [3.8, 4) is 11.5 Å². The highest BCUT2D eigenvalue weighted by Crippen LogP contribution is 2.39. The predicted octanol–water partition coefficient (Wildman–Crippen LogP) is 6.58. The largest absolute Gasteiger partial charge is 0.493 e. The summed E-state index contributed by atoms with van der Waals surface area (Å²) in [5, 5.41) is 17.0. The first-order chi connectivity index (χ1) is 18.9. The van der Waals surface area contributed by atoms with Crippen LogP contribution < -0.4 is 15.0 Å². The van der Waals surface area contributed by atoms with Gasteiger partial charge in [-0.25, -0.2) is 4.98 Å². The molecule has 9 nitrogen and oxygen atoms in total. The fraction of sp³-hybridized carbons (Fsp3) is 0.276. The van der Waals surface area contributed by atoms with Gasteiger partial charge in [-0.3, -0.25) is 14.9 Å². The Morgan fingerprint density at radius 3 is 2.59 bits per heavy atom. The summed E-state index contributed by atoms with van der Waals surface area (Å²) >= 11 is 3.39. The van der Waals surface area contributed by atoms with Crippen LogP contribution in [0.4, 0.5) is 5.69 Å². The molecule has 200 valence electrons. The summed E-state index contributed by atoms with van der Waals surface area (Å²) in [4.78, 5) is 29.7. The monoisotopic (exact) mass is 590 g/mol. The van der Waals surface area contributed by atoms with Crippen molar-refractivity contribution >= 4 is 38.7 Å². The molecule has 0 aliphatic heterocycles. The van der Waals surface area contributed by atoms with Gasteiger partial charge in [0.15, 0.2) is 5.75 Å². The number of nitro benzene ring substituents is 1. The molecular weight excluding hydrogens is 564 g/mol. The van der Waals surface area contributed by atoms with Gasteiger partial charge < -0.3 is 9.47 Å². The number of halogens is 1. The molecule has 10 heteroatoms. The van der Waals surface area contributed by atoms with Crippen LogP contribution >= 0.6 is 15.9 Å². The maximum absolute atomic E-state index is 13.5. The number of ether oxygens (including phenoxy) is 2. The second-order valence-corrected chi connectivity index (χ2v) is 10.3. The Labute approximate surface area is 233 Å². The van der Waals surface area contributed by atoms with Gasteiger partial charge in [0.2, 0.25) is 5.75 Å². The van der Waals surface area contributed by atoms with Gasteiger partial charge in [-0.1, -0.05) is 59.5 Å². The molecule has 0 amide bonds. The Morgan fingerprint density at radius 2 is 1.87 bits per heavy atom. The van der Waals surface area contributed by atoms with E-state index in [-0.39, 0.29) is 35.3 Å². The van der Waals surface area contributed by atoms with Crippen molar-refractivity contribution in [3.05, 3.63) is 103 Å². The summed E-state index contributed by atoms with van der Waals surface area (Å²) in [5.41, 5.74) is 1.35. The van der Waals surface area contributed by atoms with Gasteiger partial charge in [0.05, 0.1) is 29.2 Å². The average Bonchev–Trinajstić information content (AvgIpc) is 2.96. The van der Waals surface area contributed by atoms with Crippen LogP contribution in [-0.2, 0) is 6.61 Å². The van der Waals surface area contributed by atoms with Gasteiger partial charge in [-0.15, -0.1) is 0 Å². The number of hydrogen-bond donors (Lipinski definition) is 0. The number of rotatable bonds is 8. The summed E-state index contributed by atoms with van der Waals surface area (Å²) in [7, 11) is 1.42. The molecule has 0 spiro atoms. The van der Waals surface area contributed by atoms with E-state index < -0.39 is 4.92 Å². The molecule has 1 aliphatic carbocycles. The number of hydrogen-bond acceptors (Lipinski definition) is 7. The van der Waals surface area contributed by atoms with Crippen molar-refractivity contribution in [1.82, 2.24) is 9.66 Å². The van der Waals surface area contributed by atoms with E-state index in [0.717, 1.165) is 42.1 Å². The minimum Gasteiger partial charge on any atom is -0.493 e.